The minimum Gasteiger partial charge on any atom is -0.337 e. The molecule has 0 bridgehead atoms. The number of aromatic nitrogens is 6. The minimum atomic E-state index is -4.43. The van der Waals surface area contributed by atoms with Gasteiger partial charge in [-0.2, -0.15) is 22.8 Å². The van der Waals surface area contributed by atoms with Gasteiger partial charge in [0.1, 0.15) is 0 Å². The van der Waals surface area contributed by atoms with Crippen molar-refractivity contribution >= 4 is 0 Å². The fourth-order valence-electron chi connectivity index (χ4n) is 4.40. The van der Waals surface area contributed by atoms with E-state index in [9.17, 15) is 13.2 Å². The zero-order valence-corrected chi connectivity index (χ0v) is 19.8. The second kappa shape index (κ2) is 9.78. The molecule has 0 N–H and O–H groups in total. The quantitative estimate of drug-likeness (QED) is 0.391. The van der Waals surface area contributed by atoms with E-state index in [2.05, 4.69) is 42.4 Å². The number of hydrogen-bond donors (Lipinski definition) is 0. The SMILES string of the molecule is CC(c1nc(-c2cccc(C(F)(F)F)c2)no1)N1CCN(C(C)c2nnnn2-c2ccccc2)CC1. The first-order valence-corrected chi connectivity index (χ1v) is 11.6. The average Bonchev–Trinajstić information content (AvgIpc) is 3.59. The van der Waals surface area contributed by atoms with Crippen LogP contribution in [0.15, 0.2) is 59.1 Å². The van der Waals surface area contributed by atoms with Crippen molar-refractivity contribution in [2.24, 2.45) is 0 Å². The molecule has 188 valence electrons. The molecule has 2 atom stereocenters. The molecule has 4 aromatic rings. The van der Waals surface area contributed by atoms with E-state index in [0.717, 1.165) is 49.8 Å². The van der Waals surface area contributed by atoms with Gasteiger partial charge in [0.15, 0.2) is 5.82 Å². The van der Waals surface area contributed by atoms with E-state index in [1.165, 1.54) is 12.1 Å². The van der Waals surface area contributed by atoms with Gasteiger partial charge >= 0.3 is 6.18 Å². The molecular weight excluding hydrogens is 473 g/mol. The molecule has 1 aliphatic rings. The van der Waals surface area contributed by atoms with Crippen LogP contribution in [0.25, 0.3) is 17.1 Å². The third-order valence-electron chi connectivity index (χ3n) is 6.56. The Balaban J connectivity index is 1.23. The van der Waals surface area contributed by atoms with Gasteiger partial charge in [0.05, 0.1) is 23.3 Å². The molecule has 0 radical (unpaired) electrons. The monoisotopic (exact) mass is 498 g/mol. The molecule has 2 aromatic carbocycles. The van der Waals surface area contributed by atoms with Crippen LogP contribution in [0, 0.1) is 0 Å². The van der Waals surface area contributed by atoms with Gasteiger partial charge in [-0.05, 0) is 48.5 Å². The summed E-state index contributed by atoms with van der Waals surface area (Å²) in [5.74, 6) is 1.28. The molecular formula is C24H25F3N8O. The predicted molar refractivity (Wildman–Crippen MR) is 124 cm³/mol. The number of halogens is 3. The first-order chi connectivity index (χ1) is 17.3. The summed E-state index contributed by atoms with van der Waals surface area (Å²) in [6.07, 6.45) is -4.43. The van der Waals surface area contributed by atoms with Gasteiger partial charge in [0.25, 0.3) is 0 Å². The lowest BCUT2D eigenvalue weighted by molar-refractivity contribution is -0.137. The number of alkyl halides is 3. The molecule has 1 aliphatic heterocycles. The van der Waals surface area contributed by atoms with E-state index in [1.807, 2.05) is 37.3 Å². The highest BCUT2D eigenvalue weighted by Gasteiger charge is 2.32. The highest BCUT2D eigenvalue weighted by molar-refractivity contribution is 5.55. The summed E-state index contributed by atoms with van der Waals surface area (Å²) < 4.78 is 46.4. The third-order valence-corrected chi connectivity index (χ3v) is 6.56. The Hall–Kier alpha value is -3.64. The Kier molecular flexibility index (Phi) is 6.54. The number of tetrazole rings is 1. The molecule has 2 aromatic heterocycles. The van der Waals surface area contributed by atoms with Crippen molar-refractivity contribution < 1.29 is 17.7 Å². The molecule has 36 heavy (non-hydrogen) atoms. The molecule has 0 saturated carbocycles. The summed E-state index contributed by atoms with van der Waals surface area (Å²) >= 11 is 0. The zero-order valence-electron chi connectivity index (χ0n) is 19.8. The Morgan fingerprint density at radius 2 is 1.58 bits per heavy atom. The number of piperazine rings is 1. The van der Waals surface area contributed by atoms with Crippen LogP contribution < -0.4 is 0 Å². The molecule has 12 heteroatoms. The maximum absolute atomic E-state index is 13.1. The Bertz CT molecular complexity index is 1300. The molecule has 5 rings (SSSR count). The molecule has 0 spiro atoms. The number of para-hydroxylation sites is 1. The smallest absolute Gasteiger partial charge is 0.337 e. The maximum atomic E-state index is 13.1. The Labute approximate surface area is 205 Å². The fraction of sp³-hybridized carbons (Fsp3) is 0.375. The average molecular weight is 499 g/mol. The molecule has 0 amide bonds. The Morgan fingerprint density at radius 1 is 0.889 bits per heavy atom. The minimum absolute atomic E-state index is 0.00794. The molecule has 9 nitrogen and oxygen atoms in total. The van der Waals surface area contributed by atoms with Gasteiger partial charge in [0, 0.05) is 31.7 Å². The van der Waals surface area contributed by atoms with Crippen molar-refractivity contribution in [3.05, 3.63) is 71.9 Å². The lowest BCUT2D eigenvalue weighted by Crippen LogP contribution is -2.48. The van der Waals surface area contributed by atoms with Crippen LogP contribution in [-0.2, 0) is 6.18 Å². The van der Waals surface area contributed by atoms with Crippen molar-refractivity contribution in [1.29, 1.82) is 0 Å². The first kappa shape index (κ1) is 24.1. The highest BCUT2D eigenvalue weighted by atomic mass is 19.4. The largest absolute Gasteiger partial charge is 0.416 e. The number of benzene rings is 2. The van der Waals surface area contributed by atoms with Crippen molar-refractivity contribution in [3.63, 3.8) is 0 Å². The van der Waals surface area contributed by atoms with Crippen molar-refractivity contribution in [3.8, 4) is 17.1 Å². The van der Waals surface area contributed by atoms with Crippen molar-refractivity contribution in [2.75, 3.05) is 26.2 Å². The summed E-state index contributed by atoms with van der Waals surface area (Å²) in [6.45, 7) is 7.10. The van der Waals surface area contributed by atoms with Gasteiger partial charge in [0.2, 0.25) is 11.7 Å². The van der Waals surface area contributed by atoms with Gasteiger partial charge < -0.3 is 4.52 Å². The van der Waals surface area contributed by atoms with Gasteiger partial charge in [-0.1, -0.05) is 35.5 Å². The van der Waals surface area contributed by atoms with Crippen molar-refractivity contribution in [2.45, 2.75) is 32.1 Å². The Morgan fingerprint density at radius 3 is 2.28 bits per heavy atom. The molecule has 1 fully saturated rings. The standard InChI is InChI=1S/C24H25F3N8O/c1-16(22-29-31-32-35(22)20-9-4-3-5-10-20)33-11-13-34(14-12-33)17(2)23-28-21(30-36-23)18-7-6-8-19(15-18)24(25,26)27/h3-10,15-17H,11-14H2,1-2H3. The second-order valence-electron chi connectivity index (χ2n) is 8.74. The van der Waals surface area contributed by atoms with Crippen molar-refractivity contribution in [1.82, 2.24) is 40.1 Å². The molecule has 0 aliphatic carbocycles. The second-order valence-corrected chi connectivity index (χ2v) is 8.74. The normalized spacial score (nSPS) is 17.2. The van der Waals surface area contributed by atoms with E-state index in [-0.39, 0.29) is 23.5 Å². The van der Waals surface area contributed by atoms with E-state index in [1.54, 1.807) is 4.68 Å². The fourth-order valence-corrected chi connectivity index (χ4v) is 4.40. The zero-order chi connectivity index (χ0) is 25.3. The first-order valence-electron chi connectivity index (χ1n) is 11.6. The molecule has 2 unspecified atom stereocenters. The van der Waals surface area contributed by atoms with Gasteiger partial charge in [-0.15, -0.1) is 5.10 Å². The van der Waals surface area contributed by atoms with Crippen LogP contribution in [-0.4, -0.2) is 66.3 Å². The third kappa shape index (κ3) is 4.86. The topological polar surface area (TPSA) is 89.0 Å². The number of nitrogens with zero attached hydrogens (tertiary/aromatic N) is 8. The molecule has 1 saturated heterocycles. The van der Waals surface area contributed by atoms with Crippen LogP contribution in [0.4, 0.5) is 13.2 Å². The predicted octanol–water partition coefficient (Wildman–Crippen LogP) is 4.17. The van der Waals surface area contributed by atoms with Crippen LogP contribution in [0.5, 0.6) is 0 Å². The van der Waals surface area contributed by atoms with E-state index in [0.29, 0.717) is 5.89 Å². The summed E-state index contributed by atoms with van der Waals surface area (Å²) in [5.41, 5.74) is 0.425. The summed E-state index contributed by atoms with van der Waals surface area (Å²) in [6, 6.07) is 14.5. The van der Waals surface area contributed by atoms with Crippen LogP contribution in [0.1, 0.15) is 43.2 Å². The van der Waals surface area contributed by atoms with E-state index in [4.69, 9.17) is 4.52 Å². The summed E-state index contributed by atoms with van der Waals surface area (Å²) in [5, 5.41) is 16.2. The number of rotatable bonds is 6. The lowest BCUT2D eigenvalue weighted by atomic mass is 10.1. The summed E-state index contributed by atoms with van der Waals surface area (Å²) in [7, 11) is 0. The van der Waals surface area contributed by atoms with Crippen LogP contribution in [0.3, 0.4) is 0 Å². The molecule has 3 heterocycles. The van der Waals surface area contributed by atoms with E-state index >= 15 is 0 Å². The van der Waals surface area contributed by atoms with Gasteiger partial charge in [-0.3, -0.25) is 9.80 Å². The lowest BCUT2D eigenvalue weighted by Gasteiger charge is -2.39. The highest BCUT2D eigenvalue weighted by Crippen LogP contribution is 2.32. The maximum Gasteiger partial charge on any atom is 0.416 e. The van der Waals surface area contributed by atoms with Crippen LogP contribution >= 0.6 is 0 Å². The van der Waals surface area contributed by atoms with Crippen LogP contribution in [0.2, 0.25) is 0 Å². The number of hydrogen-bond acceptors (Lipinski definition) is 8. The van der Waals surface area contributed by atoms with E-state index < -0.39 is 11.7 Å². The van der Waals surface area contributed by atoms with Gasteiger partial charge in [-0.25, -0.2) is 0 Å². The summed E-state index contributed by atoms with van der Waals surface area (Å²) in [4.78, 5) is 8.92.